The second-order valence-electron chi connectivity index (χ2n) is 7.60. The van der Waals surface area contributed by atoms with Gasteiger partial charge < -0.3 is 18.8 Å². The van der Waals surface area contributed by atoms with E-state index in [-0.39, 0.29) is 0 Å². The van der Waals surface area contributed by atoms with Gasteiger partial charge in [0.05, 0.1) is 13.2 Å². The highest BCUT2D eigenvalue weighted by atomic mass is 16.5. The minimum Gasteiger partial charge on any atom is -0.462 e. The molecular formula is C22H33N3O3. The molecule has 1 saturated heterocycles. The molecule has 0 saturated carbocycles. The highest BCUT2D eigenvalue weighted by Crippen LogP contribution is 2.21. The lowest BCUT2D eigenvalue weighted by Crippen LogP contribution is -2.39. The Morgan fingerprint density at radius 2 is 1.79 bits per heavy atom. The van der Waals surface area contributed by atoms with Gasteiger partial charge in [0.2, 0.25) is 0 Å². The predicted octanol–water partition coefficient (Wildman–Crippen LogP) is 3.18. The zero-order chi connectivity index (χ0) is 19.6. The number of hydrogen-bond donors (Lipinski definition) is 0. The van der Waals surface area contributed by atoms with Crippen LogP contribution in [0.3, 0.4) is 0 Å². The lowest BCUT2D eigenvalue weighted by atomic mass is 9.96. The number of ether oxygens (including phenoxy) is 2. The number of methoxy groups -OCH3 is 2. The lowest BCUT2D eigenvalue weighted by molar-refractivity contribution is 0.101. The number of likely N-dealkylation sites (tertiary alicyclic amines) is 1. The van der Waals surface area contributed by atoms with Crippen LogP contribution in [-0.4, -0.2) is 61.8 Å². The minimum absolute atomic E-state index is 0.518. The van der Waals surface area contributed by atoms with Crippen molar-refractivity contribution >= 4 is 0 Å². The summed E-state index contributed by atoms with van der Waals surface area (Å²) in [7, 11) is 3.47. The Bertz CT molecular complexity index is 669. The van der Waals surface area contributed by atoms with E-state index in [1.54, 1.807) is 14.2 Å². The van der Waals surface area contributed by atoms with Crippen LogP contribution >= 0.6 is 0 Å². The SMILES string of the molecule is COCCN1CCC(CN(Cc2ccncc2)Cc2ccc(COC)o2)CC1. The van der Waals surface area contributed by atoms with Crippen molar-refractivity contribution in [3.05, 3.63) is 53.7 Å². The monoisotopic (exact) mass is 387 g/mol. The average molecular weight is 388 g/mol. The molecule has 154 valence electrons. The maximum absolute atomic E-state index is 5.94. The number of aromatic nitrogens is 1. The largest absolute Gasteiger partial charge is 0.462 e. The number of rotatable bonds is 11. The molecule has 0 atom stereocenters. The topological polar surface area (TPSA) is 51.0 Å². The molecule has 0 amide bonds. The first-order valence-electron chi connectivity index (χ1n) is 10.2. The van der Waals surface area contributed by atoms with Crippen LogP contribution in [0.5, 0.6) is 0 Å². The molecule has 6 nitrogen and oxygen atoms in total. The first-order valence-corrected chi connectivity index (χ1v) is 10.2. The third kappa shape index (κ3) is 6.71. The molecule has 0 spiro atoms. The van der Waals surface area contributed by atoms with E-state index in [1.165, 1.54) is 18.4 Å². The number of piperidine rings is 1. The standard InChI is InChI=1S/C22H33N3O3/c1-26-14-13-24-11-7-20(8-12-24)16-25(15-19-5-9-23-10-6-19)17-21-3-4-22(28-21)18-27-2/h3-6,9-10,20H,7-8,11-18H2,1-2H3. The number of hydrogen-bond acceptors (Lipinski definition) is 6. The minimum atomic E-state index is 0.518. The van der Waals surface area contributed by atoms with Crippen molar-refractivity contribution in [1.29, 1.82) is 0 Å². The summed E-state index contributed by atoms with van der Waals surface area (Å²) in [6.07, 6.45) is 6.21. The van der Waals surface area contributed by atoms with Crippen LogP contribution < -0.4 is 0 Å². The fraction of sp³-hybridized carbons (Fsp3) is 0.591. The van der Waals surface area contributed by atoms with Crippen molar-refractivity contribution in [2.75, 3.05) is 47.0 Å². The third-order valence-electron chi connectivity index (χ3n) is 5.37. The summed E-state index contributed by atoms with van der Waals surface area (Å²) in [6.45, 7) is 7.51. The fourth-order valence-corrected chi connectivity index (χ4v) is 3.86. The van der Waals surface area contributed by atoms with Crippen LogP contribution in [0.25, 0.3) is 0 Å². The van der Waals surface area contributed by atoms with Gasteiger partial charge in [0.1, 0.15) is 18.1 Å². The van der Waals surface area contributed by atoms with Gasteiger partial charge in [0.15, 0.2) is 0 Å². The van der Waals surface area contributed by atoms with Crippen LogP contribution in [0.1, 0.15) is 29.9 Å². The zero-order valence-electron chi connectivity index (χ0n) is 17.2. The van der Waals surface area contributed by atoms with Crippen LogP contribution in [0.15, 0.2) is 41.1 Å². The van der Waals surface area contributed by atoms with Crippen molar-refractivity contribution in [3.8, 4) is 0 Å². The van der Waals surface area contributed by atoms with Crippen molar-refractivity contribution in [1.82, 2.24) is 14.8 Å². The normalized spacial score (nSPS) is 16.1. The number of nitrogens with zero attached hydrogens (tertiary/aromatic N) is 3. The second-order valence-corrected chi connectivity index (χ2v) is 7.60. The highest BCUT2D eigenvalue weighted by molar-refractivity contribution is 5.11. The molecule has 1 fully saturated rings. The van der Waals surface area contributed by atoms with Gasteiger partial charge in [-0.1, -0.05) is 0 Å². The van der Waals surface area contributed by atoms with Crippen molar-refractivity contribution < 1.29 is 13.9 Å². The first kappa shape index (κ1) is 21.0. The summed E-state index contributed by atoms with van der Waals surface area (Å²) in [6, 6.07) is 8.27. The van der Waals surface area contributed by atoms with Gasteiger partial charge in [-0.05, 0) is 61.7 Å². The molecule has 0 aromatic carbocycles. The molecule has 1 aliphatic rings. The van der Waals surface area contributed by atoms with Gasteiger partial charge in [-0.2, -0.15) is 0 Å². The zero-order valence-corrected chi connectivity index (χ0v) is 17.2. The van der Waals surface area contributed by atoms with Gasteiger partial charge in [0.25, 0.3) is 0 Å². The fourth-order valence-electron chi connectivity index (χ4n) is 3.86. The molecule has 3 heterocycles. The average Bonchev–Trinajstić information content (AvgIpc) is 3.15. The molecule has 1 aliphatic heterocycles. The Morgan fingerprint density at radius 1 is 1.04 bits per heavy atom. The van der Waals surface area contributed by atoms with E-state index in [4.69, 9.17) is 13.9 Å². The Morgan fingerprint density at radius 3 is 2.50 bits per heavy atom. The molecule has 0 bridgehead atoms. The summed E-state index contributed by atoms with van der Waals surface area (Å²) >= 11 is 0. The smallest absolute Gasteiger partial charge is 0.129 e. The van der Waals surface area contributed by atoms with Crippen LogP contribution in [0.4, 0.5) is 0 Å². The number of furan rings is 1. The van der Waals surface area contributed by atoms with Crippen LogP contribution in [0, 0.1) is 5.92 Å². The molecule has 0 radical (unpaired) electrons. The molecule has 2 aromatic heterocycles. The quantitative estimate of drug-likeness (QED) is 0.590. The summed E-state index contributed by atoms with van der Waals surface area (Å²) in [4.78, 5) is 9.15. The molecule has 0 unspecified atom stereocenters. The van der Waals surface area contributed by atoms with E-state index in [9.17, 15) is 0 Å². The molecular weight excluding hydrogens is 354 g/mol. The number of pyridine rings is 1. The predicted molar refractivity (Wildman–Crippen MR) is 109 cm³/mol. The summed E-state index contributed by atoms with van der Waals surface area (Å²) < 4.78 is 16.3. The van der Waals surface area contributed by atoms with Gasteiger partial charge in [-0.15, -0.1) is 0 Å². The van der Waals surface area contributed by atoms with Gasteiger partial charge in [-0.25, -0.2) is 0 Å². The van der Waals surface area contributed by atoms with E-state index in [2.05, 4.69) is 33.0 Å². The Labute approximate surface area is 168 Å². The van der Waals surface area contributed by atoms with Crippen LogP contribution in [-0.2, 0) is 29.2 Å². The van der Waals surface area contributed by atoms with E-state index >= 15 is 0 Å². The molecule has 2 aromatic rings. The Hall–Kier alpha value is -1.73. The van der Waals surface area contributed by atoms with E-state index in [0.29, 0.717) is 12.5 Å². The third-order valence-corrected chi connectivity index (χ3v) is 5.37. The first-order chi connectivity index (χ1) is 13.8. The molecule has 28 heavy (non-hydrogen) atoms. The van der Waals surface area contributed by atoms with Crippen molar-refractivity contribution in [2.45, 2.75) is 32.5 Å². The highest BCUT2D eigenvalue weighted by Gasteiger charge is 2.22. The second kappa shape index (κ2) is 11.3. The summed E-state index contributed by atoms with van der Waals surface area (Å²) in [5.74, 6) is 2.60. The summed E-state index contributed by atoms with van der Waals surface area (Å²) in [5.41, 5.74) is 1.29. The van der Waals surface area contributed by atoms with Crippen molar-refractivity contribution in [3.63, 3.8) is 0 Å². The molecule has 0 N–H and O–H groups in total. The van der Waals surface area contributed by atoms with E-state index < -0.39 is 0 Å². The van der Waals surface area contributed by atoms with Gasteiger partial charge in [0, 0.05) is 46.2 Å². The van der Waals surface area contributed by atoms with E-state index in [0.717, 1.165) is 57.4 Å². The van der Waals surface area contributed by atoms with Crippen molar-refractivity contribution in [2.24, 2.45) is 5.92 Å². The van der Waals surface area contributed by atoms with E-state index in [1.807, 2.05) is 18.5 Å². The van der Waals surface area contributed by atoms with Crippen LogP contribution in [0.2, 0.25) is 0 Å². The lowest BCUT2D eigenvalue weighted by Gasteiger charge is -2.34. The van der Waals surface area contributed by atoms with Gasteiger partial charge in [-0.3, -0.25) is 9.88 Å². The maximum Gasteiger partial charge on any atom is 0.129 e. The Kier molecular flexibility index (Phi) is 8.48. The molecule has 6 heteroatoms. The Balaban J connectivity index is 1.58. The summed E-state index contributed by atoms with van der Waals surface area (Å²) in [5, 5.41) is 0. The van der Waals surface area contributed by atoms with Gasteiger partial charge >= 0.3 is 0 Å². The maximum atomic E-state index is 5.94. The molecule has 0 aliphatic carbocycles. The molecule has 3 rings (SSSR count).